The predicted molar refractivity (Wildman–Crippen MR) is 72.1 cm³/mol. The van der Waals surface area contributed by atoms with Gasteiger partial charge in [0, 0.05) is 5.56 Å². The van der Waals surface area contributed by atoms with E-state index in [1.165, 1.54) is 0 Å². The summed E-state index contributed by atoms with van der Waals surface area (Å²) in [6.07, 6.45) is -0.0607. The van der Waals surface area contributed by atoms with E-state index in [1.54, 1.807) is 0 Å². The Kier molecular flexibility index (Phi) is 3.77. The molecule has 1 aromatic heterocycles. The van der Waals surface area contributed by atoms with Crippen molar-refractivity contribution in [3.8, 4) is 0 Å². The van der Waals surface area contributed by atoms with Gasteiger partial charge in [-0.15, -0.1) is 0 Å². The number of carbonyl (C=O) groups excluding carboxylic acids is 2. The predicted octanol–water partition coefficient (Wildman–Crippen LogP) is -0.465. The smallest absolute Gasteiger partial charge is 0.391 e. The largest absolute Gasteiger partial charge is 0.422 e. The minimum atomic E-state index is -2.95. The molecule has 2 heterocycles. The molecule has 2 N–H and O–H groups in total. The average molecular weight is 355 g/mol. The molecule has 0 aliphatic carbocycles. The second kappa shape index (κ2) is 5.57. The van der Waals surface area contributed by atoms with E-state index in [0.29, 0.717) is 16.8 Å². The number of nitrogens with zero attached hydrogens (tertiary/aromatic N) is 3. The van der Waals surface area contributed by atoms with Crippen LogP contribution in [-0.2, 0) is 30.6 Å². The molecular weight excluding hydrogens is 344 g/mol. The van der Waals surface area contributed by atoms with Crippen molar-refractivity contribution < 1.29 is 38.1 Å². The van der Waals surface area contributed by atoms with Crippen LogP contribution in [0.3, 0.4) is 0 Å². The van der Waals surface area contributed by atoms with Crippen LogP contribution in [-0.4, -0.2) is 43.0 Å². The maximum Gasteiger partial charge on any atom is 0.422 e. The molecule has 0 radical (unpaired) electrons. The van der Waals surface area contributed by atoms with Crippen molar-refractivity contribution in [1.82, 2.24) is 14.8 Å². The van der Waals surface area contributed by atoms with Crippen molar-refractivity contribution in [2.24, 2.45) is 0 Å². The first-order chi connectivity index (χ1) is 11.7. The number of esters is 2. The van der Waals surface area contributed by atoms with Crippen LogP contribution in [0.4, 0.5) is 8.78 Å². The molecule has 2 atom stereocenters. The summed E-state index contributed by atoms with van der Waals surface area (Å²) in [5.74, 6) is -7.98. The fourth-order valence-corrected chi connectivity index (χ4v) is 2.59. The number of hydrogen-bond acceptors (Lipinski definition) is 8. The SMILES string of the molecule is C[C@@H](O)[C@](O)(c1cc(F)ccc1F)C1(n2cncn2)OC(=O)C(=O)O1. The topological polar surface area (TPSA) is 124 Å². The van der Waals surface area contributed by atoms with Crippen molar-refractivity contribution in [1.29, 1.82) is 0 Å². The fourth-order valence-electron chi connectivity index (χ4n) is 2.59. The first kappa shape index (κ1) is 16.9. The van der Waals surface area contributed by atoms with Gasteiger partial charge in [0.2, 0.25) is 5.60 Å². The Morgan fingerprint density at radius 1 is 1.28 bits per heavy atom. The van der Waals surface area contributed by atoms with Crippen molar-refractivity contribution in [3.63, 3.8) is 0 Å². The van der Waals surface area contributed by atoms with E-state index in [2.05, 4.69) is 10.1 Å². The summed E-state index contributed by atoms with van der Waals surface area (Å²) in [5.41, 5.74) is -3.77. The van der Waals surface area contributed by atoms with Crippen molar-refractivity contribution in [3.05, 3.63) is 48.1 Å². The van der Waals surface area contributed by atoms with Crippen LogP contribution in [0, 0.1) is 11.6 Å². The van der Waals surface area contributed by atoms with Crippen LogP contribution in [0.15, 0.2) is 30.9 Å². The van der Waals surface area contributed by atoms with Crippen LogP contribution in [0.1, 0.15) is 12.5 Å². The molecule has 11 heteroatoms. The Balaban J connectivity index is 2.32. The van der Waals surface area contributed by atoms with Gasteiger partial charge in [0.1, 0.15) is 24.3 Å². The standard InChI is InChI=1S/C14H11F2N3O6/c1-7(20)13(23,9-4-8(15)2-3-10(9)16)14(19-6-17-5-18-19)24-11(21)12(22)25-14/h2-7,20,23H,1H3/t7-,13+/m1/s1. The third kappa shape index (κ3) is 2.27. The number of carbonyl (C=O) groups is 2. The highest BCUT2D eigenvalue weighted by atomic mass is 19.1. The van der Waals surface area contributed by atoms with Gasteiger partial charge in [0.05, 0.1) is 6.10 Å². The Bertz CT molecular complexity index is 825. The van der Waals surface area contributed by atoms with Crippen molar-refractivity contribution >= 4 is 11.9 Å². The molecule has 0 saturated carbocycles. The summed E-state index contributed by atoms with van der Waals surface area (Å²) in [5, 5.41) is 24.9. The van der Waals surface area contributed by atoms with E-state index < -0.39 is 46.8 Å². The summed E-state index contributed by atoms with van der Waals surface area (Å²) in [6.45, 7) is 1.00. The Labute approximate surface area is 138 Å². The van der Waals surface area contributed by atoms with E-state index in [-0.39, 0.29) is 0 Å². The summed E-state index contributed by atoms with van der Waals surface area (Å²) in [7, 11) is 0. The normalized spacial score (nSPS) is 19.9. The molecule has 1 fully saturated rings. The number of cyclic esters (lactones) is 2. The van der Waals surface area contributed by atoms with E-state index in [1.807, 2.05) is 0 Å². The van der Waals surface area contributed by atoms with Gasteiger partial charge in [0.25, 0.3) is 0 Å². The number of aliphatic hydroxyl groups excluding tert-OH is 1. The lowest BCUT2D eigenvalue weighted by molar-refractivity contribution is -0.343. The fraction of sp³-hybridized carbons (Fsp3) is 0.286. The highest BCUT2D eigenvalue weighted by molar-refractivity contribution is 6.31. The summed E-state index contributed by atoms with van der Waals surface area (Å²) in [6, 6.07) is 2.03. The number of aromatic nitrogens is 3. The van der Waals surface area contributed by atoms with Gasteiger partial charge >= 0.3 is 17.8 Å². The second-order valence-corrected chi connectivity index (χ2v) is 5.27. The molecule has 0 amide bonds. The zero-order chi connectivity index (χ0) is 18.4. The van der Waals surface area contributed by atoms with Crippen molar-refractivity contribution in [2.45, 2.75) is 24.5 Å². The minimum absolute atomic E-state index is 0.570. The number of benzene rings is 1. The van der Waals surface area contributed by atoms with E-state index in [0.717, 1.165) is 25.6 Å². The lowest BCUT2D eigenvalue weighted by Gasteiger charge is -2.41. The maximum atomic E-state index is 14.3. The number of ether oxygens (including phenoxy) is 2. The molecule has 1 aliphatic heterocycles. The highest BCUT2D eigenvalue weighted by Crippen LogP contribution is 2.46. The Morgan fingerprint density at radius 3 is 2.44 bits per heavy atom. The van der Waals surface area contributed by atoms with Gasteiger partial charge in [-0.2, -0.15) is 9.78 Å². The maximum absolute atomic E-state index is 14.3. The number of halogens is 2. The van der Waals surface area contributed by atoms with Crippen LogP contribution in [0.25, 0.3) is 0 Å². The Hall–Kier alpha value is -2.92. The van der Waals surface area contributed by atoms with Crippen molar-refractivity contribution in [2.75, 3.05) is 0 Å². The molecule has 132 valence electrons. The molecule has 1 saturated heterocycles. The minimum Gasteiger partial charge on any atom is -0.391 e. The molecule has 25 heavy (non-hydrogen) atoms. The van der Waals surface area contributed by atoms with Gasteiger partial charge in [-0.1, -0.05) is 0 Å². The monoisotopic (exact) mass is 355 g/mol. The summed E-state index contributed by atoms with van der Waals surface area (Å²) in [4.78, 5) is 26.8. The molecule has 9 nitrogen and oxygen atoms in total. The Morgan fingerprint density at radius 2 is 1.92 bits per heavy atom. The highest BCUT2D eigenvalue weighted by Gasteiger charge is 2.69. The molecule has 1 aromatic carbocycles. The third-order valence-corrected chi connectivity index (χ3v) is 3.77. The lowest BCUT2D eigenvalue weighted by atomic mass is 9.84. The average Bonchev–Trinajstić information content (AvgIpc) is 3.18. The van der Waals surface area contributed by atoms with Gasteiger partial charge in [-0.05, 0) is 25.1 Å². The number of hydrogen-bond donors (Lipinski definition) is 2. The molecule has 1 aliphatic rings. The van der Waals surface area contributed by atoms with E-state index >= 15 is 0 Å². The van der Waals surface area contributed by atoms with Crippen LogP contribution in [0.5, 0.6) is 0 Å². The van der Waals surface area contributed by atoms with Crippen LogP contribution in [0.2, 0.25) is 0 Å². The van der Waals surface area contributed by atoms with E-state index in [9.17, 15) is 28.6 Å². The molecular formula is C14H11F2N3O6. The first-order valence-electron chi connectivity index (χ1n) is 6.89. The molecule has 0 spiro atoms. The molecule has 0 bridgehead atoms. The quantitative estimate of drug-likeness (QED) is 0.558. The summed E-state index contributed by atoms with van der Waals surface area (Å²) < 4.78 is 38.2. The van der Waals surface area contributed by atoms with Gasteiger partial charge < -0.3 is 19.7 Å². The first-order valence-corrected chi connectivity index (χ1v) is 6.89. The van der Waals surface area contributed by atoms with E-state index in [4.69, 9.17) is 9.47 Å². The van der Waals surface area contributed by atoms with Gasteiger partial charge in [0.15, 0.2) is 0 Å². The molecule has 2 aromatic rings. The van der Waals surface area contributed by atoms with Crippen LogP contribution >= 0.6 is 0 Å². The lowest BCUT2D eigenvalue weighted by Crippen LogP contribution is -2.60. The zero-order valence-electron chi connectivity index (χ0n) is 12.6. The summed E-state index contributed by atoms with van der Waals surface area (Å²) >= 11 is 0. The van der Waals surface area contributed by atoms with Crippen LogP contribution < -0.4 is 0 Å². The number of aliphatic hydroxyl groups is 2. The zero-order valence-corrected chi connectivity index (χ0v) is 12.6. The third-order valence-electron chi connectivity index (χ3n) is 3.77. The second-order valence-electron chi connectivity index (χ2n) is 5.27. The number of rotatable bonds is 4. The van der Waals surface area contributed by atoms with Gasteiger partial charge in [-0.3, -0.25) is 0 Å². The molecule has 3 rings (SSSR count). The van der Waals surface area contributed by atoms with Gasteiger partial charge in [-0.25, -0.2) is 23.4 Å². The molecule has 0 unspecified atom stereocenters.